The largest absolute Gasteiger partial charge is 0.335 e. The van der Waals surface area contributed by atoms with E-state index in [0.29, 0.717) is 18.8 Å². The van der Waals surface area contributed by atoms with Crippen LogP contribution < -0.4 is 0 Å². The van der Waals surface area contributed by atoms with Crippen molar-refractivity contribution in [1.29, 1.82) is 0 Å². The molecule has 6 heteroatoms. The maximum atomic E-state index is 13.2. The second kappa shape index (κ2) is 9.08. The van der Waals surface area contributed by atoms with E-state index in [9.17, 15) is 4.79 Å². The summed E-state index contributed by atoms with van der Waals surface area (Å²) >= 11 is 6.14. The van der Waals surface area contributed by atoms with Gasteiger partial charge >= 0.3 is 0 Å². The van der Waals surface area contributed by atoms with Crippen molar-refractivity contribution in [3.8, 4) is 0 Å². The van der Waals surface area contributed by atoms with Crippen LogP contribution in [0.5, 0.6) is 0 Å². The molecule has 1 aliphatic rings. The maximum Gasteiger partial charge on any atom is 0.272 e. The Kier molecular flexibility index (Phi) is 6.40. The third-order valence-corrected chi connectivity index (χ3v) is 6.39. The van der Waals surface area contributed by atoms with Crippen LogP contribution in [0.15, 0.2) is 60.7 Å². The van der Waals surface area contributed by atoms with Gasteiger partial charge in [-0.3, -0.25) is 14.4 Å². The van der Waals surface area contributed by atoms with E-state index in [1.54, 1.807) is 4.68 Å². The highest BCUT2D eigenvalue weighted by molar-refractivity contribution is 6.30. The fraction of sp³-hybridized carbons (Fsp3) is 0.385. The molecule has 1 aliphatic heterocycles. The number of hydrogen-bond donors (Lipinski definition) is 0. The van der Waals surface area contributed by atoms with Gasteiger partial charge in [-0.15, -0.1) is 0 Å². The standard InChI is InChI=1S/C26H31ClN4O/c1-26(2,3)23-18-22(29(4)28-23)25(32)31-16-14-30(15-17-31)24(19-8-6-5-7-9-19)20-10-12-21(27)13-11-20/h5-13,18,24H,14-17H2,1-4H3/t24-/m1/s1. The fourth-order valence-corrected chi connectivity index (χ4v) is 4.40. The number of hydrogen-bond acceptors (Lipinski definition) is 3. The Balaban J connectivity index is 1.52. The van der Waals surface area contributed by atoms with Crippen molar-refractivity contribution in [1.82, 2.24) is 19.6 Å². The van der Waals surface area contributed by atoms with Gasteiger partial charge in [0.2, 0.25) is 0 Å². The van der Waals surface area contributed by atoms with Crippen LogP contribution in [-0.4, -0.2) is 51.7 Å². The molecule has 0 bridgehead atoms. The van der Waals surface area contributed by atoms with E-state index in [-0.39, 0.29) is 17.4 Å². The second-order valence-corrected chi connectivity index (χ2v) is 9.92. The molecule has 1 aromatic heterocycles. The minimum atomic E-state index is -0.0868. The number of rotatable bonds is 4. The highest BCUT2D eigenvalue weighted by atomic mass is 35.5. The molecule has 0 aliphatic carbocycles. The van der Waals surface area contributed by atoms with Gasteiger partial charge in [0.25, 0.3) is 5.91 Å². The first-order valence-electron chi connectivity index (χ1n) is 11.1. The molecule has 168 valence electrons. The maximum absolute atomic E-state index is 13.2. The van der Waals surface area contributed by atoms with Crippen molar-refractivity contribution in [3.05, 3.63) is 88.2 Å². The van der Waals surface area contributed by atoms with E-state index in [0.717, 1.165) is 23.8 Å². The molecule has 2 aromatic carbocycles. The zero-order chi connectivity index (χ0) is 22.9. The molecule has 4 rings (SSSR count). The first kappa shape index (κ1) is 22.6. The summed E-state index contributed by atoms with van der Waals surface area (Å²) in [5.74, 6) is 0.0536. The van der Waals surface area contributed by atoms with Crippen LogP contribution in [0, 0.1) is 0 Å². The molecule has 0 radical (unpaired) electrons. The molecule has 5 nitrogen and oxygen atoms in total. The Labute approximate surface area is 195 Å². The molecular formula is C26H31ClN4O. The first-order valence-corrected chi connectivity index (χ1v) is 11.5. The Morgan fingerprint density at radius 2 is 1.53 bits per heavy atom. The van der Waals surface area contributed by atoms with Crippen LogP contribution in [-0.2, 0) is 12.5 Å². The number of halogens is 1. The molecule has 0 N–H and O–H groups in total. The molecule has 0 saturated carbocycles. The summed E-state index contributed by atoms with van der Waals surface area (Å²) < 4.78 is 1.72. The van der Waals surface area contributed by atoms with Gasteiger partial charge < -0.3 is 4.90 Å². The van der Waals surface area contributed by atoms with Gasteiger partial charge in [0, 0.05) is 43.7 Å². The summed E-state index contributed by atoms with van der Waals surface area (Å²) in [6.07, 6.45) is 0. The smallest absolute Gasteiger partial charge is 0.272 e. The molecule has 0 spiro atoms. The summed E-state index contributed by atoms with van der Waals surface area (Å²) in [5.41, 5.74) is 3.96. The molecule has 2 heterocycles. The van der Waals surface area contributed by atoms with Crippen molar-refractivity contribution < 1.29 is 4.79 Å². The molecular weight excluding hydrogens is 420 g/mol. The summed E-state index contributed by atoms with van der Waals surface area (Å²) in [5, 5.41) is 5.31. The molecule has 1 amide bonds. The molecule has 32 heavy (non-hydrogen) atoms. The van der Waals surface area contributed by atoms with Crippen LogP contribution in [0.4, 0.5) is 0 Å². The first-order chi connectivity index (χ1) is 15.2. The average molecular weight is 451 g/mol. The van der Waals surface area contributed by atoms with Gasteiger partial charge in [-0.2, -0.15) is 5.10 Å². The lowest BCUT2D eigenvalue weighted by atomic mass is 9.92. The Morgan fingerprint density at radius 1 is 0.938 bits per heavy atom. The van der Waals surface area contributed by atoms with E-state index in [1.807, 2.05) is 36.2 Å². The van der Waals surface area contributed by atoms with E-state index < -0.39 is 0 Å². The monoisotopic (exact) mass is 450 g/mol. The van der Waals surface area contributed by atoms with Gasteiger partial charge in [-0.1, -0.05) is 74.8 Å². The predicted molar refractivity (Wildman–Crippen MR) is 129 cm³/mol. The number of aryl methyl sites for hydroxylation is 1. The lowest BCUT2D eigenvalue weighted by Gasteiger charge is -2.39. The van der Waals surface area contributed by atoms with Crippen molar-refractivity contribution in [2.24, 2.45) is 7.05 Å². The van der Waals surface area contributed by atoms with Crippen molar-refractivity contribution in [2.75, 3.05) is 26.2 Å². The number of carbonyl (C=O) groups is 1. The van der Waals surface area contributed by atoms with Crippen molar-refractivity contribution in [2.45, 2.75) is 32.2 Å². The Morgan fingerprint density at radius 3 is 2.09 bits per heavy atom. The van der Waals surface area contributed by atoms with E-state index in [4.69, 9.17) is 11.6 Å². The number of piperazine rings is 1. The minimum Gasteiger partial charge on any atom is -0.335 e. The van der Waals surface area contributed by atoms with Gasteiger partial charge in [-0.05, 0) is 29.3 Å². The summed E-state index contributed by atoms with van der Waals surface area (Å²) in [7, 11) is 1.85. The lowest BCUT2D eigenvalue weighted by Crippen LogP contribution is -2.50. The fourth-order valence-electron chi connectivity index (χ4n) is 4.27. The lowest BCUT2D eigenvalue weighted by molar-refractivity contribution is 0.0587. The van der Waals surface area contributed by atoms with Crippen LogP contribution in [0.2, 0.25) is 5.02 Å². The van der Waals surface area contributed by atoms with E-state index in [2.05, 4.69) is 67.2 Å². The van der Waals surface area contributed by atoms with Crippen LogP contribution >= 0.6 is 11.6 Å². The SMILES string of the molecule is Cn1nc(C(C)(C)C)cc1C(=O)N1CCN([C@H](c2ccccc2)c2ccc(Cl)cc2)CC1. The Hall–Kier alpha value is -2.63. The van der Waals surface area contributed by atoms with Crippen LogP contribution in [0.1, 0.15) is 54.1 Å². The number of nitrogens with zero attached hydrogens (tertiary/aromatic N) is 4. The van der Waals surface area contributed by atoms with E-state index >= 15 is 0 Å². The molecule has 1 fully saturated rings. The topological polar surface area (TPSA) is 41.4 Å². The van der Waals surface area contributed by atoms with Gasteiger partial charge in [-0.25, -0.2) is 0 Å². The molecule has 3 aromatic rings. The number of amides is 1. The summed E-state index contributed by atoms with van der Waals surface area (Å²) in [6, 6.07) is 20.7. The van der Waals surface area contributed by atoms with Gasteiger partial charge in [0.05, 0.1) is 11.7 Å². The third-order valence-electron chi connectivity index (χ3n) is 6.14. The van der Waals surface area contributed by atoms with Crippen LogP contribution in [0.25, 0.3) is 0 Å². The molecule has 0 unspecified atom stereocenters. The number of aromatic nitrogens is 2. The van der Waals surface area contributed by atoms with E-state index in [1.165, 1.54) is 11.1 Å². The zero-order valence-electron chi connectivity index (χ0n) is 19.3. The molecule has 1 atom stereocenters. The average Bonchev–Trinajstić information content (AvgIpc) is 3.18. The number of carbonyl (C=O) groups excluding carboxylic acids is 1. The minimum absolute atomic E-state index is 0.0536. The third kappa shape index (κ3) is 4.74. The van der Waals surface area contributed by atoms with Crippen LogP contribution in [0.3, 0.4) is 0 Å². The zero-order valence-corrected chi connectivity index (χ0v) is 20.0. The predicted octanol–water partition coefficient (Wildman–Crippen LogP) is 4.92. The summed E-state index contributed by atoms with van der Waals surface area (Å²) in [6.45, 7) is 9.32. The van der Waals surface area contributed by atoms with Crippen molar-refractivity contribution in [3.63, 3.8) is 0 Å². The second-order valence-electron chi connectivity index (χ2n) is 9.48. The van der Waals surface area contributed by atoms with Gasteiger partial charge in [0.15, 0.2) is 0 Å². The molecule has 1 saturated heterocycles. The summed E-state index contributed by atoms with van der Waals surface area (Å²) in [4.78, 5) is 17.6. The Bertz CT molecular complexity index is 1060. The highest BCUT2D eigenvalue weighted by Crippen LogP contribution is 2.31. The van der Waals surface area contributed by atoms with Crippen molar-refractivity contribution >= 4 is 17.5 Å². The quantitative estimate of drug-likeness (QED) is 0.566. The van der Waals surface area contributed by atoms with Gasteiger partial charge in [0.1, 0.15) is 5.69 Å². The normalized spacial score (nSPS) is 16.2. The number of benzene rings is 2. The highest BCUT2D eigenvalue weighted by Gasteiger charge is 2.30.